The van der Waals surface area contributed by atoms with E-state index in [9.17, 15) is 9.59 Å². The highest BCUT2D eigenvalue weighted by atomic mass is 16.5. The van der Waals surface area contributed by atoms with Crippen LogP contribution in [0.4, 0.5) is 0 Å². The first-order valence-corrected chi connectivity index (χ1v) is 8.51. The first-order valence-electron chi connectivity index (χ1n) is 8.51. The van der Waals surface area contributed by atoms with Crippen LogP contribution in [0.15, 0.2) is 25.4 Å². The highest BCUT2D eigenvalue weighted by molar-refractivity contribution is 5.81. The largest absolute Gasteiger partial charge is 0.459 e. The van der Waals surface area contributed by atoms with Gasteiger partial charge in [0.25, 0.3) is 0 Å². The number of carbonyl (C=O) groups is 2. The lowest BCUT2D eigenvalue weighted by Gasteiger charge is -2.38. The van der Waals surface area contributed by atoms with Crippen molar-refractivity contribution in [2.45, 2.75) is 59.0 Å². The number of hydrogen-bond donors (Lipinski definition) is 0. The van der Waals surface area contributed by atoms with Crippen LogP contribution in [0.2, 0.25) is 0 Å². The Hall–Kier alpha value is -1.58. The van der Waals surface area contributed by atoms with Crippen LogP contribution in [0, 0.1) is 16.7 Å². The molecule has 1 heterocycles. The van der Waals surface area contributed by atoms with Gasteiger partial charge in [0.15, 0.2) is 0 Å². The van der Waals surface area contributed by atoms with Crippen molar-refractivity contribution in [1.82, 2.24) is 4.90 Å². The molecule has 0 aromatic rings. The molecule has 2 bridgehead atoms. The summed E-state index contributed by atoms with van der Waals surface area (Å²) < 4.78 is 5.48. The molecule has 0 unspecified atom stereocenters. The Morgan fingerprint density at radius 3 is 2.39 bits per heavy atom. The Bertz CT molecular complexity index is 511. The molecule has 0 aromatic carbocycles. The molecule has 4 nitrogen and oxygen atoms in total. The second kappa shape index (κ2) is 6.50. The van der Waals surface area contributed by atoms with E-state index in [2.05, 4.69) is 33.9 Å². The summed E-state index contributed by atoms with van der Waals surface area (Å²) in [7, 11) is 0. The highest BCUT2D eigenvalue weighted by Crippen LogP contribution is 2.66. The van der Waals surface area contributed by atoms with Gasteiger partial charge in [-0.3, -0.25) is 4.79 Å². The molecule has 128 valence electrons. The molecule has 1 saturated heterocycles. The van der Waals surface area contributed by atoms with E-state index in [0.717, 1.165) is 19.4 Å². The summed E-state index contributed by atoms with van der Waals surface area (Å²) in [5, 5.41) is 0. The predicted molar refractivity (Wildman–Crippen MR) is 90.5 cm³/mol. The Balaban J connectivity index is 0.000000203. The van der Waals surface area contributed by atoms with Gasteiger partial charge in [0.05, 0.1) is 0 Å². The summed E-state index contributed by atoms with van der Waals surface area (Å²) in [6.07, 6.45) is 8.14. The van der Waals surface area contributed by atoms with Gasteiger partial charge in [-0.2, -0.15) is 0 Å². The third kappa shape index (κ3) is 3.08. The fourth-order valence-electron chi connectivity index (χ4n) is 4.36. The smallest absolute Gasteiger partial charge is 0.330 e. The van der Waals surface area contributed by atoms with Crippen LogP contribution in [-0.2, 0) is 14.3 Å². The van der Waals surface area contributed by atoms with Gasteiger partial charge in [-0.1, -0.05) is 33.9 Å². The molecule has 2 aliphatic carbocycles. The number of fused-ring (bicyclic) bond motifs is 2. The van der Waals surface area contributed by atoms with Crippen molar-refractivity contribution in [2.24, 2.45) is 16.7 Å². The van der Waals surface area contributed by atoms with Crippen molar-refractivity contribution in [2.75, 3.05) is 6.54 Å². The number of amides is 1. The van der Waals surface area contributed by atoms with Gasteiger partial charge >= 0.3 is 5.97 Å². The van der Waals surface area contributed by atoms with Gasteiger partial charge in [-0.05, 0) is 43.2 Å². The molecule has 23 heavy (non-hydrogen) atoms. The number of ether oxygens (including phenoxy) is 1. The minimum Gasteiger partial charge on any atom is -0.459 e. The fourth-order valence-corrected chi connectivity index (χ4v) is 4.36. The average molecular weight is 319 g/mol. The molecule has 0 radical (unpaired) electrons. The van der Waals surface area contributed by atoms with Crippen molar-refractivity contribution < 1.29 is 14.3 Å². The van der Waals surface area contributed by atoms with Crippen molar-refractivity contribution in [1.29, 1.82) is 0 Å². The quantitative estimate of drug-likeness (QED) is 0.589. The van der Waals surface area contributed by atoms with E-state index in [0.29, 0.717) is 17.8 Å². The molecule has 3 aliphatic rings. The predicted octanol–water partition coefficient (Wildman–Crippen LogP) is 3.68. The summed E-state index contributed by atoms with van der Waals surface area (Å²) in [5.41, 5.74) is 0.468. The SMILES string of the molecule is C=CC(=O)O[C@H]1C[C@@H]2CC[C@@]1(C)C2(C)C.C=CN1CCCC1=O. The third-order valence-electron chi connectivity index (χ3n) is 6.47. The molecular formula is C19H29NO3. The fraction of sp³-hybridized carbons (Fsp3) is 0.684. The molecule has 3 rings (SSSR count). The van der Waals surface area contributed by atoms with Crippen LogP contribution in [0.1, 0.15) is 52.9 Å². The summed E-state index contributed by atoms with van der Waals surface area (Å²) in [4.78, 5) is 23.6. The summed E-state index contributed by atoms with van der Waals surface area (Å²) in [5.74, 6) is 0.648. The molecule has 0 spiro atoms. The zero-order valence-electron chi connectivity index (χ0n) is 14.6. The first kappa shape index (κ1) is 17.8. The summed E-state index contributed by atoms with van der Waals surface area (Å²) in [6.45, 7) is 14.7. The number of hydrogen-bond acceptors (Lipinski definition) is 3. The van der Waals surface area contributed by atoms with Crippen molar-refractivity contribution in [3.63, 3.8) is 0 Å². The normalized spacial score (nSPS) is 33.9. The summed E-state index contributed by atoms with van der Waals surface area (Å²) >= 11 is 0. The van der Waals surface area contributed by atoms with Crippen LogP contribution in [0.25, 0.3) is 0 Å². The van der Waals surface area contributed by atoms with Crippen LogP contribution >= 0.6 is 0 Å². The zero-order chi connectivity index (χ0) is 17.3. The van der Waals surface area contributed by atoms with Crippen molar-refractivity contribution in [3.8, 4) is 0 Å². The maximum absolute atomic E-state index is 11.3. The van der Waals surface area contributed by atoms with Gasteiger partial charge in [0.2, 0.25) is 5.91 Å². The van der Waals surface area contributed by atoms with Crippen LogP contribution in [0.3, 0.4) is 0 Å². The number of rotatable bonds is 3. The lowest BCUT2D eigenvalue weighted by Crippen LogP contribution is -2.38. The van der Waals surface area contributed by atoms with Crippen LogP contribution in [0.5, 0.6) is 0 Å². The number of esters is 1. The van der Waals surface area contributed by atoms with E-state index in [4.69, 9.17) is 4.74 Å². The van der Waals surface area contributed by atoms with Gasteiger partial charge in [0.1, 0.15) is 6.10 Å². The Kier molecular flexibility index (Phi) is 5.02. The van der Waals surface area contributed by atoms with Crippen molar-refractivity contribution >= 4 is 11.9 Å². The molecule has 2 saturated carbocycles. The maximum atomic E-state index is 11.3. The highest BCUT2D eigenvalue weighted by Gasteiger charge is 2.62. The molecule has 1 aliphatic heterocycles. The average Bonchev–Trinajstić information content (AvgIpc) is 3.08. The van der Waals surface area contributed by atoms with Crippen LogP contribution < -0.4 is 0 Å². The van der Waals surface area contributed by atoms with Crippen LogP contribution in [-0.4, -0.2) is 29.4 Å². The standard InChI is InChI=1S/C13H20O2.C6H9NO/c1-5-11(14)15-10-8-9-6-7-13(10,4)12(9,2)3;1-2-7-5-3-4-6(7)8/h5,9-10H,1,6-8H2,2-4H3;2H,1,3-5H2/t9-,10-,13+;/m0./s1. The number of nitrogens with zero attached hydrogens (tertiary/aromatic N) is 1. The van der Waals surface area contributed by atoms with Gasteiger partial charge < -0.3 is 9.64 Å². The second-order valence-corrected chi connectivity index (χ2v) is 7.61. The lowest BCUT2D eigenvalue weighted by atomic mass is 9.70. The summed E-state index contributed by atoms with van der Waals surface area (Å²) in [6, 6.07) is 0. The molecule has 3 atom stereocenters. The Morgan fingerprint density at radius 1 is 1.35 bits per heavy atom. The van der Waals surface area contributed by atoms with E-state index in [1.807, 2.05) is 0 Å². The first-order chi connectivity index (χ1) is 10.8. The number of likely N-dealkylation sites (tertiary alicyclic amines) is 1. The van der Waals surface area contributed by atoms with E-state index in [-0.39, 0.29) is 23.4 Å². The third-order valence-corrected chi connectivity index (χ3v) is 6.47. The van der Waals surface area contributed by atoms with E-state index in [1.54, 1.807) is 11.1 Å². The van der Waals surface area contributed by atoms with E-state index < -0.39 is 0 Å². The Labute approximate surface area is 139 Å². The van der Waals surface area contributed by atoms with E-state index in [1.165, 1.54) is 18.9 Å². The molecule has 3 fully saturated rings. The van der Waals surface area contributed by atoms with Gasteiger partial charge in [-0.25, -0.2) is 4.79 Å². The zero-order valence-corrected chi connectivity index (χ0v) is 14.6. The molecular weight excluding hydrogens is 290 g/mol. The minimum atomic E-state index is -0.274. The lowest BCUT2D eigenvalue weighted by molar-refractivity contribution is -0.150. The minimum absolute atomic E-state index is 0.0942. The van der Waals surface area contributed by atoms with Gasteiger partial charge in [-0.15, -0.1) is 0 Å². The monoisotopic (exact) mass is 319 g/mol. The van der Waals surface area contributed by atoms with E-state index >= 15 is 0 Å². The molecule has 0 aromatic heterocycles. The molecule has 4 heteroatoms. The molecule has 0 N–H and O–H groups in total. The van der Waals surface area contributed by atoms with Crippen molar-refractivity contribution in [3.05, 3.63) is 25.4 Å². The Morgan fingerprint density at radius 2 is 2.04 bits per heavy atom. The molecule has 1 amide bonds. The maximum Gasteiger partial charge on any atom is 0.330 e. The number of carbonyl (C=O) groups excluding carboxylic acids is 2. The van der Waals surface area contributed by atoms with Gasteiger partial charge in [0, 0.05) is 24.5 Å². The second-order valence-electron chi connectivity index (χ2n) is 7.61. The topological polar surface area (TPSA) is 46.6 Å².